The molecule has 4 amide bonds. The number of carbonyl (C=O) groups is 4. The first-order chi connectivity index (χ1) is 19.7. The lowest BCUT2D eigenvalue weighted by Gasteiger charge is -2.32. The predicted octanol–water partition coefficient (Wildman–Crippen LogP) is 2.47. The van der Waals surface area contributed by atoms with Crippen molar-refractivity contribution in [3.63, 3.8) is 0 Å². The summed E-state index contributed by atoms with van der Waals surface area (Å²) in [4.78, 5) is 58.3. The van der Waals surface area contributed by atoms with Gasteiger partial charge in [-0.25, -0.2) is 0 Å². The standard InChI is InChI=1S/C31H38N6O4/c1-31(2,36-28(39)26-15-9-17-37(26)29(40)24-14-8-16-32-24)30(41)35-25(27(38)34-21-10-4-3-5-11-21)18-20-19-33-23-13-7-6-12-22(20)23/h3-7,10-13,19,24-26,32-33H,8-9,14-18H2,1-2H3,(H,34,38)(H,35,41)(H,36,39)/t24-,25-,26+/m0/s1. The van der Waals surface area contributed by atoms with E-state index in [-0.39, 0.29) is 30.2 Å². The molecular weight excluding hydrogens is 520 g/mol. The normalized spacial score (nSPS) is 19.6. The maximum atomic E-state index is 13.6. The van der Waals surface area contributed by atoms with Crippen molar-refractivity contribution in [2.24, 2.45) is 0 Å². The van der Waals surface area contributed by atoms with Gasteiger partial charge in [-0.3, -0.25) is 19.2 Å². The molecule has 5 rings (SSSR count). The highest BCUT2D eigenvalue weighted by Gasteiger charge is 2.41. The Hall–Kier alpha value is -4.18. The van der Waals surface area contributed by atoms with Gasteiger partial charge in [-0.15, -0.1) is 0 Å². The second kappa shape index (κ2) is 12.1. The Morgan fingerprint density at radius 3 is 2.51 bits per heavy atom. The van der Waals surface area contributed by atoms with Gasteiger partial charge in [0.05, 0.1) is 6.04 Å². The molecule has 2 aromatic carbocycles. The van der Waals surface area contributed by atoms with Crippen molar-refractivity contribution in [1.29, 1.82) is 0 Å². The third-order valence-corrected chi connectivity index (χ3v) is 7.96. The Bertz CT molecular complexity index is 1410. The van der Waals surface area contributed by atoms with Crippen LogP contribution in [0.25, 0.3) is 10.9 Å². The van der Waals surface area contributed by atoms with E-state index in [4.69, 9.17) is 0 Å². The Balaban J connectivity index is 1.29. The summed E-state index contributed by atoms with van der Waals surface area (Å²) in [5.74, 6) is -1.28. The molecule has 3 aromatic rings. The molecule has 41 heavy (non-hydrogen) atoms. The van der Waals surface area contributed by atoms with E-state index in [1.165, 1.54) is 0 Å². The van der Waals surface area contributed by atoms with E-state index in [9.17, 15) is 19.2 Å². The topological polar surface area (TPSA) is 135 Å². The number of aromatic nitrogens is 1. The number of carbonyl (C=O) groups excluding carboxylic acids is 4. The van der Waals surface area contributed by atoms with Crippen molar-refractivity contribution in [1.82, 2.24) is 25.8 Å². The number of benzene rings is 2. The molecule has 2 fully saturated rings. The number of hydrogen-bond acceptors (Lipinski definition) is 5. The van der Waals surface area contributed by atoms with Crippen LogP contribution in [0, 0.1) is 0 Å². The average molecular weight is 559 g/mol. The largest absolute Gasteiger partial charge is 0.361 e. The van der Waals surface area contributed by atoms with Crippen LogP contribution in [-0.4, -0.2) is 70.3 Å². The van der Waals surface area contributed by atoms with Crippen molar-refractivity contribution >= 4 is 40.2 Å². The SMILES string of the molecule is CC(C)(NC(=O)[C@H]1CCCN1C(=O)[C@@H]1CCCN1)C(=O)N[C@@H](Cc1c[nH]c2ccccc12)C(=O)Nc1ccccc1. The first-order valence-electron chi connectivity index (χ1n) is 14.3. The van der Waals surface area contributed by atoms with Gasteiger partial charge in [-0.05, 0) is 69.8 Å². The quantitative estimate of drug-likeness (QED) is 0.275. The monoisotopic (exact) mass is 558 g/mol. The number of H-pyrrole nitrogens is 1. The van der Waals surface area contributed by atoms with Crippen LogP contribution < -0.4 is 21.3 Å². The second-order valence-electron chi connectivity index (χ2n) is 11.4. The Kier molecular flexibility index (Phi) is 8.39. The third kappa shape index (κ3) is 6.43. The maximum Gasteiger partial charge on any atom is 0.247 e. The van der Waals surface area contributed by atoms with Crippen molar-refractivity contribution in [2.45, 2.75) is 69.6 Å². The summed E-state index contributed by atoms with van der Waals surface area (Å²) in [5.41, 5.74) is 1.11. The molecule has 0 spiro atoms. The minimum absolute atomic E-state index is 0.0567. The summed E-state index contributed by atoms with van der Waals surface area (Å²) < 4.78 is 0. The highest BCUT2D eigenvalue weighted by molar-refractivity contribution is 6.00. The number of likely N-dealkylation sites (tertiary alicyclic amines) is 1. The van der Waals surface area contributed by atoms with E-state index in [0.717, 1.165) is 42.3 Å². The van der Waals surface area contributed by atoms with Crippen LogP contribution in [0.15, 0.2) is 60.8 Å². The van der Waals surface area contributed by atoms with E-state index in [1.54, 1.807) is 30.9 Å². The summed E-state index contributed by atoms with van der Waals surface area (Å²) in [6.45, 7) is 4.54. The third-order valence-electron chi connectivity index (χ3n) is 7.96. The molecule has 0 unspecified atom stereocenters. The molecule has 0 aliphatic carbocycles. The number of nitrogens with one attached hydrogen (secondary N) is 5. The lowest BCUT2D eigenvalue weighted by atomic mass is 9.99. The van der Waals surface area contributed by atoms with Crippen LogP contribution in [0.3, 0.4) is 0 Å². The van der Waals surface area contributed by atoms with Crippen molar-refractivity contribution in [3.8, 4) is 0 Å². The summed E-state index contributed by atoms with van der Waals surface area (Å²) in [7, 11) is 0. The first kappa shape index (κ1) is 28.4. The van der Waals surface area contributed by atoms with Gasteiger partial charge < -0.3 is 31.2 Å². The number of nitrogens with zero attached hydrogens (tertiary/aromatic N) is 1. The molecule has 10 heteroatoms. The van der Waals surface area contributed by atoms with Crippen molar-refractivity contribution in [3.05, 3.63) is 66.4 Å². The molecule has 2 saturated heterocycles. The van der Waals surface area contributed by atoms with Crippen molar-refractivity contribution < 1.29 is 19.2 Å². The van der Waals surface area contributed by atoms with Crippen LogP contribution >= 0.6 is 0 Å². The zero-order valence-corrected chi connectivity index (χ0v) is 23.5. The number of rotatable bonds is 9. The minimum Gasteiger partial charge on any atom is -0.361 e. The summed E-state index contributed by atoms with van der Waals surface area (Å²) in [5, 5.41) is 12.8. The second-order valence-corrected chi connectivity index (χ2v) is 11.4. The number of fused-ring (bicyclic) bond motifs is 1. The van der Waals surface area contributed by atoms with Crippen LogP contribution in [0.4, 0.5) is 5.69 Å². The summed E-state index contributed by atoms with van der Waals surface area (Å²) >= 11 is 0. The van der Waals surface area contributed by atoms with Gasteiger partial charge in [0.1, 0.15) is 17.6 Å². The van der Waals surface area contributed by atoms with E-state index in [2.05, 4.69) is 26.3 Å². The molecule has 0 saturated carbocycles. The molecule has 0 radical (unpaired) electrons. The van der Waals surface area contributed by atoms with Crippen LogP contribution in [0.1, 0.15) is 45.1 Å². The van der Waals surface area contributed by atoms with E-state index >= 15 is 0 Å². The number of para-hydroxylation sites is 2. The lowest BCUT2D eigenvalue weighted by molar-refractivity contribution is -0.141. The fourth-order valence-corrected chi connectivity index (χ4v) is 5.67. The average Bonchev–Trinajstić information content (AvgIpc) is 3.74. The smallest absolute Gasteiger partial charge is 0.247 e. The van der Waals surface area contributed by atoms with Gasteiger partial charge >= 0.3 is 0 Å². The number of aromatic amines is 1. The Morgan fingerprint density at radius 2 is 1.76 bits per heavy atom. The van der Waals surface area contributed by atoms with Crippen LogP contribution in [0.5, 0.6) is 0 Å². The molecule has 2 aliphatic heterocycles. The van der Waals surface area contributed by atoms with Gasteiger partial charge in [0.15, 0.2) is 0 Å². The molecule has 0 bridgehead atoms. The lowest BCUT2D eigenvalue weighted by Crippen LogP contribution is -2.61. The fourth-order valence-electron chi connectivity index (χ4n) is 5.67. The number of hydrogen-bond donors (Lipinski definition) is 5. The van der Waals surface area contributed by atoms with E-state index in [1.807, 2.05) is 48.7 Å². The van der Waals surface area contributed by atoms with Crippen LogP contribution in [0.2, 0.25) is 0 Å². The highest BCUT2D eigenvalue weighted by Crippen LogP contribution is 2.23. The zero-order valence-electron chi connectivity index (χ0n) is 23.5. The van der Waals surface area contributed by atoms with E-state index < -0.39 is 23.5 Å². The predicted molar refractivity (Wildman–Crippen MR) is 157 cm³/mol. The molecule has 5 N–H and O–H groups in total. The zero-order chi connectivity index (χ0) is 29.0. The molecule has 3 atom stereocenters. The van der Waals surface area contributed by atoms with Crippen molar-refractivity contribution in [2.75, 3.05) is 18.4 Å². The highest BCUT2D eigenvalue weighted by atomic mass is 16.2. The molecule has 3 heterocycles. The van der Waals surface area contributed by atoms with Gasteiger partial charge in [0, 0.05) is 35.8 Å². The fraction of sp³-hybridized carbons (Fsp3) is 0.419. The Labute approximate surface area is 239 Å². The van der Waals surface area contributed by atoms with Gasteiger partial charge in [-0.2, -0.15) is 0 Å². The molecule has 2 aliphatic rings. The minimum atomic E-state index is -1.33. The van der Waals surface area contributed by atoms with E-state index in [0.29, 0.717) is 18.7 Å². The number of amides is 4. The van der Waals surface area contributed by atoms with Gasteiger partial charge in [-0.1, -0.05) is 36.4 Å². The molecule has 10 nitrogen and oxygen atoms in total. The molecular formula is C31H38N6O4. The van der Waals surface area contributed by atoms with Crippen LogP contribution in [-0.2, 0) is 25.6 Å². The molecule has 216 valence electrons. The maximum absolute atomic E-state index is 13.6. The Morgan fingerprint density at radius 1 is 1.00 bits per heavy atom. The molecule has 1 aromatic heterocycles. The first-order valence-corrected chi connectivity index (χ1v) is 14.3. The summed E-state index contributed by atoms with van der Waals surface area (Å²) in [6.07, 6.45) is 5.07. The van der Waals surface area contributed by atoms with Gasteiger partial charge in [0.25, 0.3) is 0 Å². The number of anilines is 1. The summed E-state index contributed by atoms with van der Waals surface area (Å²) in [6, 6.07) is 15.0. The van der Waals surface area contributed by atoms with Gasteiger partial charge in [0.2, 0.25) is 23.6 Å².